The zero-order valence-corrected chi connectivity index (χ0v) is 16.2. The third kappa shape index (κ3) is 7.25. The topological polar surface area (TPSA) is 108 Å². The van der Waals surface area contributed by atoms with Crippen LogP contribution in [0.5, 0.6) is 5.75 Å². The lowest BCUT2D eigenvalue weighted by atomic mass is 10.0. The molecule has 2 unspecified atom stereocenters. The predicted molar refractivity (Wildman–Crippen MR) is 106 cm³/mol. The molecule has 0 aliphatic heterocycles. The normalized spacial score (nSPS) is 12.4. The van der Waals surface area contributed by atoms with Crippen LogP contribution in [0, 0.1) is 10.1 Å². The summed E-state index contributed by atoms with van der Waals surface area (Å²) in [6.45, 7) is 1.74. The van der Waals surface area contributed by atoms with Crippen LogP contribution in [0.2, 0.25) is 0 Å². The Morgan fingerprint density at radius 2 is 1.66 bits per heavy atom. The maximum atomic E-state index is 12.5. The van der Waals surface area contributed by atoms with E-state index in [2.05, 4.69) is 5.32 Å². The van der Waals surface area contributed by atoms with Crippen molar-refractivity contribution in [2.75, 3.05) is 13.2 Å². The van der Waals surface area contributed by atoms with Crippen molar-refractivity contribution in [3.63, 3.8) is 0 Å². The van der Waals surface area contributed by atoms with E-state index in [1.54, 1.807) is 49.4 Å². The number of rotatable bonds is 11. The summed E-state index contributed by atoms with van der Waals surface area (Å²) in [5.41, 5.74) is 0.354. The van der Waals surface area contributed by atoms with Gasteiger partial charge in [0.25, 0.3) is 5.91 Å². The van der Waals surface area contributed by atoms with Gasteiger partial charge >= 0.3 is 5.97 Å². The van der Waals surface area contributed by atoms with Gasteiger partial charge in [-0.2, -0.15) is 0 Å². The fourth-order valence-corrected chi connectivity index (χ4v) is 2.64. The zero-order valence-electron chi connectivity index (χ0n) is 16.2. The molecule has 0 heterocycles. The number of esters is 1. The molecule has 8 nitrogen and oxygen atoms in total. The monoisotopic (exact) mass is 400 g/mol. The summed E-state index contributed by atoms with van der Waals surface area (Å²) in [4.78, 5) is 35.6. The highest BCUT2D eigenvalue weighted by Gasteiger charge is 2.31. The highest BCUT2D eigenvalue weighted by molar-refractivity contribution is 5.96. The third-order valence-corrected chi connectivity index (χ3v) is 4.24. The van der Waals surface area contributed by atoms with Gasteiger partial charge in [-0.3, -0.25) is 14.9 Å². The molecule has 0 aliphatic carbocycles. The molecular formula is C21H24N2O6. The van der Waals surface area contributed by atoms with Crippen molar-refractivity contribution in [2.24, 2.45) is 0 Å². The minimum atomic E-state index is -1.13. The Hall–Kier alpha value is -3.42. The first kappa shape index (κ1) is 21.9. The Bertz CT molecular complexity index is 797. The van der Waals surface area contributed by atoms with E-state index in [9.17, 15) is 19.7 Å². The smallest absolute Gasteiger partial charge is 0.329 e. The van der Waals surface area contributed by atoms with Gasteiger partial charge in [-0.25, -0.2) is 4.79 Å². The number of hydrogen-bond donors (Lipinski definition) is 1. The predicted octanol–water partition coefficient (Wildman–Crippen LogP) is 2.85. The summed E-state index contributed by atoms with van der Waals surface area (Å²) >= 11 is 0. The average Bonchev–Trinajstić information content (AvgIpc) is 2.75. The van der Waals surface area contributed by atoms with Gasteiger partial charge in [-0.05, 0) is 24.3 Å². The number of nitro groups is 1. The van der Waals surface area contributed by atoms with Crippen molar-refractivity contribution in [2.45, 2.75) is 31.8 Å². The van der Waals surface area contributed by atoms with Crippen LogP contribution in [-0.4, -0.2) is 42.1 Å². The van der Waals surface area contributed by atoms with Crippen LogP contribution in [0.1, 0.15) is 30.1 Å². The van der Waals surface area contributed by atoms with Crippen LogP contribution in [0.25, 0.3) is 0 Å². The first-order valence-corrected chi connectivity index (χ1v) is 9.35. The van der Waals surface area contributed by atoms with Crippen LogP contribution in [0.15, 0.2) is 60.7 Å². The summed E-state index contributed by atoms with van der Waals surface area (Å²) in [6.07, 6.45) is 0.0789. The molecule has 29 heavy (non-hydrogen) atoms. The van der Waals surface area contributed by atoms with Crippen molar-refractivity contribution in [3.05, 3.63) is 76.3 Å². The van der Waals surface area contributed by atoms with Crippen LogP contribution in [0.3, 0.4) is 0 Å². The number of carbonyl (C=O) groups excluding carboxylic acids is 2. The highest BCUT2D eigenvalue weighted by Crippen LogP contribution is 2.11. The lowest BCUT2D eigenvalue weighted by Crippen LogP contribution is -2.45. The van der Waals surface area contributed by atoms with E-state index < -0.39 is 28.9 Å². The second-order valence-electron chi connectivity index (χ2n) is 6.30. The quantitative estimate of drug-likeness (QED) is 0.269. The third-order valence-electron chi connectivity index (χ3n) is 4.24. The number of carbonyl (C=O) groups is 2. The van der Waals surface area contributed by atoms with Gasteiger partial charge in [0, 0.05) is 23.3 Å². The molecule has 1 N–H and O–H groups in total. The van der Waals surface area contributed by atoms with Crippen molar-refractivity contribution >= 4 is 11.9 Å². The molecule has 0 saturated heterocycles. The van der Waals surface area contributed by atoms with Crippen LogP contribution in [-0.2, 0) is 9.53 Å². The molecular weight excluding hydrogens is 376 g/mol. The molecule has 0 radical (unpaired) electrons. The highest BCUT2D eigenvalue weighted by atomic mass is 16.6. The minimum absolute atomic E-state index is 0.0410. The summed E-state index contributed by atoms with van der Waals surface area (Å²) < 4.78 is 10.6. The van der Waals surface area contributed by atoms with E-state index in [0.29, 0.717) is 11.3 Å². The first-order chi connectivity index (χ1) is 14.0. The minimum Gasteiger partial charge on any atom is -0.490 e. The molecule has 0 spiro atoms. The molecule has 0 fully saturated rings. The second-order valence-corrected chi connectivity index (χ2v) is 6.30. The molecule has 0 saturated carbocycles. The number of amides is 1. The lowest BCUT2D eigenvalue weighted by molar-refractivity contribution is -0.524. The standard InChI is InChI=1S/C21H24N2O6/c1-2-17(23(26)27)15-19(22-20(24)16-9-5-3-6-10-16)21(25)29-14-13-28-18-11-7-4-8-12-18/h3-12,17,19H,2,13-15H2,1H3,(H,22,24). The Morgan fingerprint density at radius 3 is 2.24 bits per heavy atom. The molecule has 8 heteroatoms. The molecule has 2 aromatic rings. The van der Waals surface area contributed by atoms with Gasteiger partial charge < -0.3 is 14.8 Å². The number of nitrogens with one attached hydrogen (secondary N) is 1. The van der Waals surface area contributed by atoms with E-state index in [1.807, 2.05) is 18.2 Å². The van der Waals surface area contributed by atoms with Gasteiger partial charge in [0.1, 0.15) is 25.0 Å². The average molecular weight is 400 g/mol. The fourth-order valence-electron chi connectivity index (χ4n) is 2.64. The maximum absolute atomic E-state index is 12.5. The molecule has 0 bridgehead atoms. The van der Waals surface area contributed by atoms with Crippen molar-refractivity contribution in [1.29, 1.82) is 0 Å². The molecule has 2 rings (SSSR count). The van der Waals surface area contributed by atoms with Gasteiger partial charge in [0.05, 0.1) is 0 Å². The number of ether oxygens (including phenoxy) is 2. The van der Waals surface area contributed by atoms with E-state index in [1.165, 1.54) is 0 Å². The van der Waals surface area contributed by atoms with Crippen LogP contribution >= 0.6 is 0 Å². The van der Waals surface area contributed by atoms with E-state index in [-0.39, 0.29) is 26.1 Å². The Labute approximate surface area is 169 Å². The Morgan fingerprint density at radius 1 is 1.03 bits per heavy atom. The summed E-state index contributed by atoms with van der Waals surface area (Å²) in [6, 6.07) is 15.3. The number of nitrogens with zero attached hydrogens (tertiary/aromatic N) is 1. The molecule has 2 aromatic carbocycles. The fraction of sp³-hybridized carbons (Fsp3) is 0.333. The van der Waals surface area contributed by atoms with Gasteiger partial charge in [0.15, 0.2) is 0 Å². The first-order valence-electron chi connectivity index (χ1n) is 9.35. The van der Waals surface area contributed by atoms with E-state index in [0.717, 1.165) is 0 Å². The zero-order chi connectivity index (χ0) is 21.1. The van der Waals surface area contributed by atoms with Gasteiger partial charge in [-0.15, -0.1) is 0 Å². The Kier molecular flexibility index (Phi) is 8.62. The molecule has 1 amide bonds. The summed E-state index contributed by atoms with van der Waals surface area (Å²) in [7, 11) is 0. The Balaban J connectivity index is 1.96. The van der Waals surface area contributed by atoms with Gasteiger partial charge in [-0.1, -0.05) is 43.3 Å². The largest absolute Gasteiger partial charge is 0.490 e. The second kappa shape index (κ2) is 11.4. The number of hydrogen-bond acceptors (Lipinski definition) is 6. The summed E-state index contributed by atoms with van der Waals surface area (Å²) in [5.74, 6) is -0.589. The van der Waals surface area contributed by atoms with Gasteiger partial charge in [0.2, 0.25) is 6.04 Å². The molecule has 0 aliphatic rings. The van der Waals surface area contributed by atoms with E-state index in [4.69, 9.17) is 9.47 Å². The molecule has 2 atom stereocenters. The van der Waals surface area contributed by atoms with Crippen molar-refractivity contribution < 1.29 is 24.0 Å². The van der Waals surface area contributed by atoms with Crippen molar-refractivity contribution in [3.8, 4) is 5.75 Å². The maximum Gasteiger partial charge on any atom is 0.329 e. The number of benzene rings is 2. The molecule has 0 aromatic heterocycles. The van der Waals surface area contributed by atoms with Crippen LogP contribution < -0.4 is 10.1 Å². The number of para-hydroxylation sites is 1. The van der Waals surface area contributed by atoms with Crippen molar-refractivity contribution in [1.82, 2.24) is 5.32 Å². The SMILES string of the molecule is CCC(CC(NC(=O)c1ccccc1)C(=O)OCCOc1ccccc1)[N+](=O)[O-]. The van der Waals surface area contributed by atoms with Crippen LogP contribution in [0.4, 0.5) is 0 Å². The summed E-state index contributed by atoms with van der Waals surface area (Å²) in [5, 5.41) is 13.7. The molecule has 154 valence electrons. The lowest BCUT2D eigenvalue weighted by Gasteiger charge is -2.19. The van der Waals surface area contributed by atoms with E-state index >= 15 is 0 Å².